The predicted molar refractivity (Wildman–Crippen MR) is 278 cm³/mol. The zero-order chi connectivity index (χ0) is 44.3. The Labute approximate surface area is 387 Å². The van der Waals surface area contributed by atoms with E-state index in [0.29, 0.717) is 5.82 Å². The number of fused-ring (bicyclic) bond motifs is 7. The molecule has 3 aromatic heterocycles. The van der Waals surface area contributed by atoms with E-state index in [1.54, 1.807) is 0 Å². The Bertz CT molecular complexity index is 3990. The van der Waals surface area contributed by atoms with E-state index in [-0.39, 0.29) is 0 Å². The topological polar surface area (TPSA) is 51.8 Å². The molecule has 0 radical (unpaired) electrons. The standard InChI is InChI=1S/C63H39N3O/c1-4-16-40(17-5-1)41-28-34-46(35-29-41)63-65-55(43-18-6-2-7-19-43)39-56(66-63)50-37-36-47(48-22-10-11-23-49(48)50)42-30-32-44(33-31-42)59-60-51-24-12-14-26-54(51)64-62(45-20-8-3-9-21-45)53(60)38-58-61(59)52-25-13-15-27-57(52)67-58/h1-39H. The normalized spacial score (nSPS) is 11.6. The Morgan fingerprint density at radius 2 is 0.806 bits per heavy atom. The van der Waals surface area contributed by atoms with Gasteiger partial charge in [-0.15, -0.1) is 0 Å². The lowest BCUT2D eigenvalue weighted by Crippen LogP contribution is -1.97. The zero-order valence-electron chi connectivity index (χ0n) is 36.3. The van der Waals surface area contributed by atoms with E-state index < -0.39 is 0 Å². The van der Waals surface area contributed by atoms with Crippen molar-refractivity contribution in [1.82, 2.24) is 15.0 Å². The lowest BCUT2D eigenvalue weighted by atomic mass is 9.88. The fourth-order valence-electron chi connectivity index (χ4n) is 9.93. The molecule has 0 saturated heterocycles. The van der Waals surface area contributed by atoms with Crippen LogP contribution < -0.4 is 0 Å². The van der Waals surface area contributed by atoms with Gasteiger partial charge >= 0.3 is 0 Å². The average molecular weight is 854 g/mol. The lowest BCUT2D eigenvalue weighted by molar-refractivity contribution is 0.669. The summed E-state index contributed by atoms with van der Waals surface area (Å²) in [4.78, 5) is 15.7. The van der Waals surface area contributed by atoms with E-state index >= 15 is 0 Å². The van der Waals surface area contributed by atoms with Crippen LogP contribution in [0.1, 0.15) is 0 Å². The highest BCUT2D eigenvalue weighted by atomic mass is 16.3. The van der Waals surface area contributed by atoms with Gasteiger partial charge in [0.1, 0.15) is 11.2 Å². The first kappa shape index (κ1) is 38.5. The lowest BCUT2D eigenvalue weighted by Gasteiger charge is -2.16. The molecule has 10 aromatic carbocycles. The fourth-order valence-corrected chi connectivity index (χ4v) is 9.93. The van der Waals surface area contributed by atoms with Gasteiger partial charge in [0.15, 0.2) is 5.82 Å². The van der Waals surface area contributed by atoms with E-state index in [1.807, 2.05) is 18.2 Å². The minimum Gasteiger partial charge on any atom is -0.456 e. The molecule has 0 bridgehead atoms. The minimum atomic E-state index is 0.687. The molecule has 0 saturated carbocycles. The molecule has 312 valence electrons. The summed E-state index contributed by atoms with van der Waals surface area (Å²) in [6, 6.07) is 83.3. The van der Waals surface area contributed by atoms with Gasteiger partial charge in [-0.1, -0.05) is 212 Å². The van der Waals surface area contributed by atoms with Crippen LogP contribution in [0.4, 0.5) is 0 Å². The van der Waals surface area contributed by atoms with Crippen molar-refractivity contribution in [2.45, 2.75) is 0 Å². The molecule has 3 heterocycles. The molecule has 0 aliphatic rings. The molecule has 0 aliphatic carbocycles. The molecule has 4 heteroatoms. The van der Waals surface area contributed by atoms with E-state index in [2.05, 4.69) is 218 Å². The van der Waals surface area contributed by atoms with Gasteiger partial charge in [-0.05, 0) is 62.9 Å². The Balaban J connectivity index is 0.962. The molecule has 0 spiro atoms. The van der Waals surface area contributed by atoms with Crippen LogP contribution in [-0.2, 0) is 0 Å². The van der Waals surface area contributed by atoms with Crippen LogP contribution in [0.2, 0.25) is 0 Å². The second-order valence-electron chi connectivity index (χ2n) is 17.0. The van der Waals surface area contributed by atoms with Crippen molar-refractivity contribution in [3.8, 4) is 78.5 Å². The van der Waals surface area contributed by atoms with Crippen LogP contribution in [0.3, 0.4) is 0 Å². The Kier molecular flexibility index (Phi) is 9.14. The van der Waals surface area contributed by atoms with Crippen molar-refractivity contribution in [1.29, 1.82) is 0 Å². The van der Waals surface area contributed by atoms with Gasteiger partial charge in [0.25, 0.3) is 0 Å². The number of hydrogen-bond acceptors (Lipinski definition) is 4. The van der Waals surface area contributed by atoms with Crippen LogP contribution in [0, 0.1) is 0 Å². The summed E-state index contributed by atoms with van der Waals surface area (Å²) in [6.45, 7) is 0. The number of benzene rings is 10. The van der Waals surface area contributed by atoms with Crippen LogP contribution >= 0.6 is 0 Å². The van der Waals surface area contributed by atoms with Gasteiger partial charge < -0.3 is 4.42 Å². The van der Waals surface area contributed by atoms with E-state index in [0.717, 1.165) is 122 Å². The Hall–Kier alpha value is -8.99. The second-order valence-corrected chi connectivity index (χ2v) is 17.0. The maximum Gasteiger partial charge on any atom is 0.160 e. The highest BCUT2D eigenvalue weighted by Gasteiger charge is 2.22. The quantitative estimate of drug-likeness (QED) is 0.150. The van der Waals surface area contributed by atoms with Crippen molar-refractivity contribution in [2.75, 3.05) is 0 Å². The van der Waals surface area contributed by atoms with Gasteiger partial charge in [0.2, 0.25) is 0 Å². The monoisotopic (exact) mass is 853 g/mol. The van der Waals surface area contributed by atoms with E-state index in [4.69, 9.17) is 19.4 Å². The molecule has 0 unspecified atom stereocenters. The van der Waals surface area contributed by atoms with Gasteiger partial charge in [-0.2, -0.15) is 0 Å². The highest BCUT2D eigenvalue weighted by Crippen LogP contribution is 2.47. The van der Waals surface area contributed by atoms with Crippen molar-refractivity contribution < 1.29 is 4.42 Å². The minimum absolute atomic E-state index is 0.687. The molecule has 0 N–H and O–H groups in total. The third kappa shape index (κ3) is 6.65. The number of rotatable bonds is 7. The summed E-state index contributed by atoms with van der Waals surface area (Å²) in [5, 5.41) is 7.81. The molecule has 0 atom stereocenters. The average Bonchev–Trinajstić information content (AvgIpc) is 3.79. The van der Waals surface area contributed by atoms with E-state index in [1.165, 1.54) is 5.56 Å². The number of furan rings is 1. The van der Waals surface area contributed by atoms with Crippen molar-refractivity contribution >= 4 is 54.4 Å². The van der Waals surface area contributed by atoms with Crippen LogP contribution in [0.25, 0.3) is 133 Å². The Morgan fingerprint density at radius 3 is 1.54 bits per heavy atom. The number of nitrogens with zero attached hydrogens (tertiary/aromatic N) is 3. The number of pyridine rings is 1. The molecule has 0 fully saturated rings. The van der Waals surface area contributed by atoms with Crippen LogP contribution in [0.15, 0.2) is 241 Å². The summed E-state index contributed by atoms with van der Waals surface area (Å²) in [5.41, 5.74) is 16.3. The Morgan fingerprint density at radius 1 is 0.284 bits per heavy atom. The van der Waals surface area contributed by atoms with Crippen molar-refractivity contribution in [3.63, 3.8) is 0 Å². The maximum absolute atomic E-state index is 6.66. The summed E-state index contributed by atoms with van der Waals surface area (Å²) in [5.74, 6) is 0.687. The molecular formula is C63H39N3O. The predicted octanol–water partition coefficient (Wildman–Crippen LogP) is 16.9. The summed E-state index contributed by atoms with van der Waals surface area (Å²) >= 11 is 0. The van der Waals surface area contributed by atoms with Crippen molar-refractivity contribution in [2.24, 2.45) is 0 Å². The molecule has 0 amide bonds. The molecule has 67 heavy (non-hydrogen) atoms. The first-order chi connectivity index (χ1) is 33.2. The third-order valence-corrected chi connectivity index (χ3v) is 13.1. The van der Waals surface area contributed by atoms with Crippen molar-refractivity contribution in [3.05, 3.63) is 237 Å². The van der Waals surface area contributed by atoms with Gasteiger partial charge in [-0.3, -0.25) is 0 Å². The first-order valence-corrected chi connectivity index (χ1v) is 22.7. The molecule has 4 nitrogen and oxygen atoms in total. The van der Waals surface area contributed by atoms with Crippen LogP contribution in [0.5, 0.6) is 0 Å². The number of aromatic nitrogens is 3. The highest BCUT2D eigenvalue weighted by molar-refractivity contribution is 6.27. The largest absolute Gasteiger partial charge is 0.456 e. The number of hydrogen-bond donors (Lipinski definition) is 0. The fraction of sp³-hybridized carbons (Fsp3) is 0. The summed E-state index contributed by atoms with van der Waals surface area (Å²) in [6.07, 6.45) is 0. The molecular weight excluding hydrogens is 815 g/mol. The zero-order valence-corrected chi connectivity index (χ0v) is 36.3. The number of para-hydroxylation sites is 2. The SMILES string of the molecule is c1ccc(-c2ccc(-c3nc(-c4ccccc4)cc(-c4ccc(-c5ccc(-c6c7c(cc8c(-c9ccccc9)nc9ccccc9c68)oc6ccccc67)cc5)c5ccccc45)n3)cc2)cc1. The van der Waals surface area contributed by atoms with E-state index in [9.17, 15) is 0 Å². The second kappa shape index (κ2) is 15.9. The molecule has 13 rings (SSSR count). The van der Waals surface area contributed by atoms with Gasteiger partial charge in [0, 0.05) is 54.7 Å². The van der Waals surface area contributed by atoms with Crippen LogP contribution in [-0.4, -0.2) is 15.0 Å². The molecule has 13 aromatic rings. The summed E-state index contributed by atoms with van der Waals surface area (Å²) < 4.78 is 6.66. The van der Waals surface area contributed by atoms with Gasteiger partial charge in [-0.25, -0.2) is 15.0 Å². The molecule has 0 aliphatic heterocycles. The van der Waals surface area contributed by atoms with Gasteiger partial charge in [0.05, 0.1) is 22.6 Å². The summed E-state index contributed by atoms with van der Waals surface area (Å²) in [7, 11) is 0. The third-order valence-electron chi connectivity index (χ3n) is 13.1. The first-order valence-electron chi connectivity index (χ1n) is 22.7. The maximum atomic E-state index is 6.66. The smallest absolute Gasteiger partial charge is 0.160 e.